The van der Waals surface area contributed by atoms with E-state index in [-0.39, 0.29) is 5.91 Å². The van der Waals surface area contributed by atoms with E-state index >= 15 is 0 Å². The Balaban J connectivity index is 1.47. The van der Waals surface area contributed by atoms with E-state index in [2.05, 4.69) is 30.5 Å². The van der Waals surface area contributed by atoms with Gasteiger partial charge in [-0.3, -0.25) is 14.9 Å². The summed E-state index contributed by atoms with van der Waals surface area (Å²) in [5.74, 6) is 0.388. The molecule has 30 heavy (non-hydrogen) atoms. The van der Waals surface area contributed by atoms with Gasteiger partial charge in [0.1, 0.15) is 23.3 Å². The van der Waals surface area contributed by atoms with Crippen molar-refractivity contribution in [3.63, 3.8) is 0 Å². The number of para-hydroxylation sites is 2. The number of aromatic nitrogens is 5. The number of fused-ring (bicyclic) bond motifs is 1. The van der Waals surface area contributed by atoms with Gasteiger partial charge in [-0.2, -0.15) is 5.10 Å². The Hall–Kier alpha value is -4.26. The van der Waals surface area contributed by atoms with Crippen molar-refractivity contribution in [1.82, 2.24) is 30.5 Å². The lowest BCUT2D eigenvalue weighted by Crippen LogP contribution is -2.30. The maximum absolute atomic E-state index is 13.0. The van der Waals surface area contributed by atoms with E-state index in [4.69, 9.17) is 0 Å². The first kappa shape index (κ1) is 17.8. The highest BCUT2D eigenvalue weighted by Crippen LogP contribution is 2.23. The summed E-state index contributed by atoms with van der Waals surface area (Å²) in [4.78, 5) is 25.3. The second-order valence-electron chi connectivity index (χ2n) is 6.84. The number of hydrogen-bond acceptors (Lipinski definition) is 4. The van der Waals surface area contributed by atoms with Crippen LogP contribution in [0.15, 0.2) is 85.1 Å². The molecule has 0 spiro atoms. The number of rotatable bonds is 5. The van der Waals surface area contributed by atoms with Crippen molar-refractivity contribution < 1.29 is 4.79 Å². The molecular formula is C23H18N6O. The van der Waals surface area contributed by atoms with Gasteiger partial charge in [-0.1, -0.05) is 48.5 Å². The molecule has 3 heterocycles. The highest BCUT2D eigenvalue weighted by Gasteiger charge is 2.22. The van der Waals surface area contributed by atoms with Crippen LogP contribution in [0, 0.1) is 0 Å². The number of amides is 1. The smallest absolute Gasteiger partial charge is 0.270 e. The van der Waals surface area contributed by atoms with Crippen molar-refractivity contribution in [2.24, 2.45) is 0 Å². The number of H-pyrrole nitrogens is 2. The van der Waals surface area contributed by atoms with Gasteiger partial charge in [0.05, 0.1) is 16.7 Å². The van der Waals surface area contributed by atoms with Gasteiger partial charge < -0.3 is 10.3 Å². The maximum Gasteiger partial charge on any atom is 0.270 e. The van der Waals surface area contributed by atoms with E-state index in [1.54, 1.807) is 12.3 Å². The van der Waals surface area contributed by atoms with Gasteiger partial charge in [0, 0.05) is 6.20 Å². The molecule has 7 heteroatoms. The molecule has 1 atom stereocenters. The minimum atomic E-state index is -0.437. The highest BCUT2D eigenvalue weighted by molar-refractivity contribution is 5.93. The van der Waals surface area contributed by atoms with E-state index in [9.17, 15) is 4.79 Å². The summed E-state index contributed by atoms with van der Waals surface area (Å²) < 4.78 is 0. The van der Waals surface area contributed by atoms with Crippen molar-refractivity contribution in [3.8, 4) is 11.4 Å². The molecule has 1 amide bonds. The summed E-state index contributed by atoms with van der Waals surface area (Å²) in [6, 6.07) is 24.3. The number of imidazole rings is 1. The highest BCUT2D eigenvalue weighted by atomic mass is 16.2. The lowest BCUT2D eigenvalue weighted by molar-refractivity contribution is 0.0936. The van der Waals surface area contributed by atoms with E-state index in [1.807, 2.05) is 72.8 Å². The van der Waals surface area contributed by atoms with E-state index in [1.165, 1.54) is 0 Å². The van der Waals surface area contributed by atoms with Crippen LogP contribution in [0.3, 0.4) is 0 Å². The monoisotopic (exact) mass is 394 g/mol. The van der Waals surface area contributed by atoms with E-state index in [0.717, 1.165) is 16.6 Å². The van der Waals surface area contributed by atoms with Crippen molar-refractivity contribution in [1.29, 1.82) is 0 Å². The Morgan fingerprint density at radius 3 is 2.50 bits per heavy atom. The van der Waals surface area contributed by atoms with Crippen LogP contribution in [0.1, 0.15) is 27.9 Å². The molecule has 3 N–H and O–H groups in total. The first-order valence-electron chi connectivity index (χ1n) is 9.55. The van der Waals surface area contributed by atoms with Gasteiger partial charge >= 0.3 is 0 Å². The Morgan fingerprint density at radius 1 is 0.900 bits per heavy atom. The van der Waals surface area contributed by atoms with Crippen LogP contribution in [0.4, 0.5) is 0 Å². The molecule has 0 fully saturated rings. The van der Waals surface area contributed by atoms with Crippen molar-refractivity contribution in [3.05, 3.63) is 102 Å². The number of hydrogen-bond donors (Lipinski definition) is 3. The van der Waals surface area contributed by atoms with Crippen LogP contribution < -0.4 is 5.32 Å². The van der Waals surface area contributed by atoms with Gasteiger partial charge in [0.25, 0.3) is 5.91 Å². The molecule has 3 aromatic heterocycles. The molecule has 5 rings (SSSR count). The molecule has 0 radical (unpaired) electrons. The summed E-state index contributed by atoms with van der Waals surface area (Å²) >= 11 is 0. The topological polar surface area (TPSA) is 99.3 Å². The largest absolute Gasteiger partial charge is 0.340 e. The third-order valence-electron chi connectivity index (χ3n) is 4.84. The summed E-state index contributed by atoms with van der Waals surface area (Å²) in [5.41, 5.74) is 4.36. The average molecular weight is 394 g/mol. The van der Waals surface area contributed by atoms with Crippen LogP contribution in [-0.4, -0.2) is 31.1 Å². The second kappa shape index (κ2) is 7.63. The fourth-order valence-electron chi connectivity index (χ4n) is 3.36. The number of pyridine rings is 1. The minimum absolute atomic E-state index is 0.279. The number of carbonyl (C=O) groups is 1. The molecular weight excluding hydrogens is 376 g/mol. The summed E-state index contributed by atoms with van der Waals surface area (Å²) in [7, 11) is 0. The predicted molar refractivity (Wildman–Crippen MR) is 114 cm³/mol. The van der Waals surface area contributed by atoms with Crippen molar-refractivity contribution in [2.75, 3.05) is 0 Å². The minimum Gasteiger partial charge on any atom is -0.340 e. The maximum atomic E-state index is 13.0. The number of nitrogens with zero attached hydrogens (tertiary/aromatic N) is 3. The zero-order valence-corrected chi connectivity index (χ0v) is 15.9. The number of aromatic amines is 2. The molecule has 0 bridgehead atoms. The average Bonchev–Trinajstić information content (AvgIpc) is 3.46. The molecule has 0 aliphatic rings. The van der Waals surface area contributed by atoms with Crippen LogP contribution in [-0.2, 0) is 0 Å². The molecule has 0 aliphatic heterocycles. The first-order chi connectivity index (χ1) is 14.8. The first-order valence-corrected chi connectivity index (χ1v) is 9.55. The molecule has 2 aromatic carbocycles. The normalized spacial score (nSPS) is 12.0. The lowest BCUT2D eigenvalue weighted by Gasteiger charge is -2.16. The second-order valence-corrected chi connectivity index (χ2v) is 6.84. The standard InChI is InChI=1S/C23H18N6O/c30-23(20-14-19(28-29-20)16-10-6-7-13-24-16)27-21(15-8-2-1-3-9-15)22-25-17-11-4-5-12-18(17)26-22/h1-14,21H,(H,25,26)(H,27,30)(H,28,29)/t21-/m1/s1. The molecule has 146 valence electrons. The summed E-state index contributed by atoms with van der Waals surface area (Å²) in [6.07, 6.45) is 1.69. The number of benzene rings is 2. The molecule has 0 unspecified atom stereocenters. The van der Waals surface area contributed by atoms with Crippen molar-refractivity contribution in [2.45, 2.75) is 6.04 Å². The fraction of sp³-hybridized carbons (Fsp3) is 0.0435. The third kappa shape index (κ3) is 3.44. The van der Waals surface area contributed by atoms with E-state index < -0.39 is 6.04 Å². The molecule has 5 aromatic rings. The van der Waals surface area contributed by atoms with Gasteiger partial charge in [-0.05, 0) is 35.9 Å². The molecule has 0 saturated heterocycles. The van der Waals surface area contributed by atoms with Gasteiger partial charge in [0.15, 0.2) is 0 Å². The summed E-state index contributed by atoms with van der Waals surface area (Å²) in [5, 5.41) is 10.1. The quantitative estimate of drug-likeness (QED) is 0.421. The Kier molecular flexibility index (Phi) is 4.53. The Morgan fingerprint density at radius 2 is 1.70 bits per heavy atom. The van der Waals surface area contributed by atoms with Gasteiger partial charge in [-0.25, -0.2) is 4.98 Å². The number of carbonyl (C=O) groups excluding carboxylic acids is 1. The number of nitrogens with one attached hydrogen (secondary N) is 3. The van der Waals surface area contributed by atoms with E-state index in [0.29, 0.717) is 22.9 Å². The fourth-order valence-corrected chi connectivity index (χ4v) is 3.36. The Bertz CT molecular complexity index is 1260. The SMILES string of the molecule is O=C(N[C@H](c1ccccc1)c1nc2ccccc2[nH]1)c1cc(-c2ccccn2)n[nH]1. The van der Waals surface area contributed by atoms with Gasteiger partial charge in [0.2, 0.25) is 0 Å². The van der Waals surface area contributed by atoms with Crippen LogP contribution in [0.5, 0.6) is 0 Å². The molecule has 7 nitrogen and oxygen atoms in total. The zero-order valence-electron chi connectivity index (χ0n) is 15.9. The van der Waals surface area contributed by atoms with Gasteiger partial charge in [-0.15, -0.1) is 0 Å². The van der Waals surface area contributed by atoms with Crippen LogP contribution in [0.25, 0.3) is 22.4 Å². The third-order valence-corrected chi connectivity index (χ3v) is 4.84. The van der Waals surface area contributed by atoms with Crippen molar-refractivity contribution >= 4 is 16.9 Å². The predicted octanol–water partition coefficient (Wildman–Crippen LogP) is 3.87. The Labute approximate surface area is 172 Å². The zero-order chi connectivity index (χ0) is 20.3. The van der Waals surface area contributed by atoms with Crippen LogP contribution in [0.2, 0.25) is 0 Å². The molecule has 0 saturated carbocycles. The van der Waals surface area contributed by atoms with Crippen LogP contribution >= 0.6 is 0 Å². The summed E-state index contributed by atoms with van der Waals surface area (Å²) in [6.45, 7) is 0. The molecule has 0 aliphatic carbocycles. The lowest BCUT2D eigenvalue weighted by atomic mass is 10.1.